The number of ketones is 2. The fourth-order valence-electron chi connectivity index (χ4n) is 3.31. The molecular formula is C24H15NO7. The maximum absolute atomic E-state index is 12.6. The molecule has 8 nitrogen and oxygen atoms in total. The largest absolute Gasteiger partial charge is 0.493 e. The molecule has 1 aliphatic rings. The van der Waals surface area contributed by atoms with E-state index in [4.69, 9.17) is 9.47 Å². The lowest BCUT2D eigenvalue weighted by atomic mass is 10.1. The number of fused-ring (bicyclic) bond motifs is 1. The van der Waals surface area contributed by atoms with Gasteiger partial charge in [0.15, 0.2) is 23.1 Å². The Bertz CT molecular complexity index is 1270. The summed E-state index contributed by atoms with van der Waals surface area (Å²) in [6.45, 7) is 0. The molecule has 0 unspecified atom stereocenters. The number of allylic oxidation sites excluding steroid dienone is 1. The third kappa shape index (κ3) is 3.77. The van der Waals surface area contributed by atoms with Crippen molar-refractivity contribution >= 4 is 29.3 Å². The molecule has 158 valence electrons. The molecule has 1 aliphatic carbocycles. The van der Waals surface area contributed by atoms with Crippen LogP contribution in [0.25, 0.3) is 6.08 Å². The number of nitro groups is 1. The number of hydrogen-bond acceptors (Lipinski definition) is 7. The van der Waals surface area contributed by atoms with E-state index in [-0.39, 0.29) is 39.9 Å². The number of rotatable bonds is 5. The van der Waals surface area contributed by atoms with Crippen LogP contribution in [0, 0.1) is 10.1 Å². The van der Waals surface area contributed by atoms with Crippen molar-refractivity contribution in [1.82, 2.24) is 0 Å². The normalized spacial score (nSPS) is 12.3. The van der Waals surface area contributed by atoms with Crippen molar-refractivity contribution in [3.05, 3.63) is 105 Å². The van der Waals surface area contributed by atoms with Crippen LogP contribution in [0.2, 0.25) is 0 Å². The number of carbonyl (C=O) groups is 3. The standard InChI is InChI=1S/C24H15NO7/c1-31-21-13-14(12-19-22(26)17-4-2-3-5-18(17)23(19)27)6-11-20(21)32-24(28)15-7-9-16(10-8-15)25(29)30/h2-13H,1H3. The van der Waals surface area contributed by atoms with Crippen molar-refractivity contribution in [3.8, 4) is 11.5 Å². The molecule has 4 rings (SSSR count). The fraction of sp³-hybridized carbons (Fsp3) is 0.0417. The maximum Gasteiger partial charge on any atom is 0.343 e. The molecule has 3 aromatic rings. The summed E-state index contributed by atoms with van der Waals surface area (Å²) in [5.41, 5.74) is 1.28. The average Bonchev–Trinajstić information content (AvgIpc) is 3.05. The highest BCUT2D eigenvalue weighted by Crippen LogP contribution is 2.32. The van der Waals surface area contributed by atoms with Gasteiger partial charge in [-0.2, -0.15) is 0 Å². The number of nitrogens with zero attached hydrogens (tertiary/aromatic N) is 1. The Hall–Kier alpha value is -4.59. The third-order valence-electron chi connectivity index (χ3n) is 4.92. The van der Waals surface area contributed by atoms with Crippen molar-refractivity contribution in [2.75, 3.05) is 7.11 Å². The van der Waals surface area contributed by atoms with Gasteiger partial charge < -0.3 is 9.47 Å². The molecule has 0 N–H and O–H groups in total. The highest BCUT2D eigenvalue weighted by Gasteiger charge is 2.32. The molecule has 0 radical (unpaired) electrons. The molecule has 0 aromatic heterocycles. The van der Waals surface area contributed by atoms with E-state index < -0.39 is 10.9 Å². The second-order valence-corrected chi connectivity index (χ2v) is 6.87. The summed E-state index contributed by atoms with van der Waals surface area (Å²) in [7, 11) is 1.39. The number of non-ortho nitro benzene ring substituents is 1. The summed E-state index contributed by atoms with van der Waals surface area (Å²) in [5, 5.41) is 10.7. The van der Waals surface area contributed by atoms with Gasteiger partial charge in [0.25, 0.3) is 5.69 Å². The van der Waals surface area contributed by atoms with Crippen LogP contribution in [0.5, 0.6) is 11.5 Å². The van der Waals surface area contributed by atoms with Crippen molar-refractivity contribution in [2.45, 2.75) is 0 Å². The molecule has 8 heteroatoms. The Morgan fingerprint density at radius 1 is 0.906 bits per heavy atom. The molecule has 0 spiro atoms. The Morgan fingerprint density at radius 2 is 1.53 bits per heavy atom. The van der Waals surface area contributed by atoms with Crippen LogP contribution in [-0.2, 0) is 0 Å². The number of carbonyl (C=O) groups excluding carboxylic acids is 3. The van der Waals surface area contributed by atoms with Gasteiger partial charge in [-0.15, -0.1) is 0 Å². The third-order valence-corrected chi connectivity index (χ3v) is 4.92. The minimum Gasteiger partial charge on any atom is -0.493 e. The summed E-state index contributed by atoms with van der Waals surface area (Å²) in [6, 6.07) is 16.2. The summed E-state index contributed by atoms with van der Waals surface area (Å²) >= 11 is 0. The molecule has 0 fully saturated rings. The monoisotopic (exact) mass is 429 g/mol. The topological polar surface area (TPSA) is 113 Å². The smallest absolute Gasteiger partial charge is 0.343 e. The molecule has 0 saturated heterocycles. The van der Waals surface area contributed by atoms with Gasteiger partial charge >= 0.3 is 5.97 Å². The lowest BCUT2D eigenvalue weighted by Crippen LogP contribution is -2.09. The second-order valence-electron chi connectivity index (χ2n) is 6.87. The van der Waals surface area contributed by atoms with Gasteiger partial charge in [-0.3, -0.25) is 19.7 Å². The first kappa shape index (κ1) is 20.7. The maximum atomic E-state index is 12.6. The Kier molecular flexibility index (Phi) is 5.34. The fourth-order valence-corrected chi connectivity index (χ4v) is 3.31. The first-order valence-electron chi connectivity index (χ1n) is 9.44. The number of benzene rings is 3. The van der Waals surface area contributed by atoms with E-state index in [9.17, 15) is 24.5 Å². The van der Waals surface area contributed by atoms with Gasteiger partial charge in [0.05, 0.1) is 23.2 Å². The van der Waals surface area contributed by atoms with Crippen LogP contribution in [0.4, 0.5) is 5.69 Å². The van der Waals surface area contributed by atoms with E-state index in [0.717, 1.165) is 0 Å². The average molecular weight is 429 g/mol. The molecule has 0 saturated carbocycles. The van der Waals surface area contributed by atoms with Gasteiger partial charge in [0, 0.05) is 23.3 Å². The van der Waals surface area contributed by atoms with Crippen LogP contribution in [0.15, 0.2) is 72.3 Å². The van der Waals surface area contributed by atoms with E-state index in [0.29, 0.717) is 16.7 Å². The summed E-state index contributed by atoms with van der Waals surface area (Å²) in [5.74, 6) is -1.09. The first-order chi connectivity index (χ1) is 15.4. The first-order valence-corrected chi connectivity index (χ1v) is 9.44. The number of hydrogen-bond donors (Lipinski definition) is 0. The number of esters is 1. The van der Waals surface area contributed by atoms with Crippen molar-refractivity contribution < 1.29 is 28.8 Å². The predicted molar refractivity (Wildman–Crippen MR) is 114 cm³/mol. The Morgan fingerprint density at radius 3 is 2.09 bits per heavy atom. The molecule has 0 aliphatic heterocycles. The van der Waals surface area contributed by atoms with Gasteiger partial charge in [-0.05, 0) is 35.9 Å². The van der Waals surface area contributed by atoms with E-state index in [1.165, 1.54) is 49.6 Å². The highest BCUT2D eigenvalue weighted by molar-refractivity contribution is 6.41. The summed E-state index contributed by atoms with van der Waals surface area (Å²) < 4.78 is 10.6. The molecule has 0 atom stereocenters. The zero-order valence-corrected chi connectivity index (χ0v) is 16.7. The van der Waals surface area contributed by atoms with Gasteiger partial charge in [0.2, 0.25) is 0 Å². The van der Waals surface area contributed by atoms with E-state index >= 15 is 0 Å². The Balaban J connectivity index is 1.58. The Labute approximate surface area is 181 Å². The molecule has 0 heterocycles. The van der Waals surface area contributed by atoms with Gasteiger partial charge in [-0.1, -0.05) is 30.3 Å². The number of methoxy groups -OCH3 is 1. The van der Waals surface area contributed by atoms with Crippen LogP contribution >= 0.6 is 0 Å². The zero-order valence-electron chi connectivity index (χ0n) is 16.7. The van der Waals surface area contributed by atoms with Crippen molar-refractivity contribution in [3.63, 3.8) is 0 Å². The van der Waals surface area contributed by atoms with E-state index in [2.05, 4.69) is 0 Å². The van der Waals surface area contributed by atoms with Gasteiger partial charge in [-0.25, -0.2) is 4.79 Å². The van der Waals surface area contributed by atoms with Gasteiger partial charge in [0.1, 0.15) is 0 Å². The zero-order chi connectivity index (χ0) is 22.8. The summed E-state index contributed by atoms with van der Waals surface area (Å²) in [6.07, 6.45) is 1.47. The number of Topliss-reactive ketones (excluding diaryl/α,β-unsaturated/α-hetero) is 2. The molecule has 3 aromatic carbocycles. The van der Waals surface area contributed by atoms with Crippen LogP contribution in [0.1, 0.15) is 36.6 Å². The van der Waals surface area contributed by atoms with Crippen molar-refractivity contribution in [2.24, 2.45) is 0 Å². The molecular weight excluding hydrogens is 414 g/mol. The predicted octanol–water partition coefficient (Wildman–Crippen LogP) is 4.29. The highest BCUT2D eigenvalue weighted by atomic mass is 16.6. The minimum atomic E-state index is -0.721. The lowest BCUT2D eigenvalue weighted by molar-refractivity contribution is -0.384. The summed E-state index contributed by atoms with van der Waals surface area (Å²) in [4.78, 5) is 47.7. The minimum absolute atomic E-state index is 0.0453. The van der Waals surface area contributed by atoms with Crippen molar-refractivity contribution in [1.29, 1.82) is 0 Å². The van der Waals surface area contributed by atoms with E-state index in [1.54, 1.807) is 30.3 Å². The molecule has 0 amide bonds. The van der Waals surface area contributed by atoms with Crippen LogP contribution in [-0.4, -0.2) is 29.6 Å². The number of nitro benzene ring substituents is 1. The quantitative estimate of drug-likeness (QED) is 0.148. The second kappa shape index (κ2) is 8.27. The molecule has 32 heavy (non-hydrogen) atoms. The number of ether oxygens (including phenoxy) is 2. The SMILES string of the molecule is COc1cc(C=C2C(=O)c3ccccc3C2=O)ccc1OC(=O)c1ccc([N+](=O)[O-])cc1. The lowest BCUT2D eigenvalue weighted by Gasteiger charge is -2.10. The molecule has 0 bridgehead atoms. The van der Waals surface area contributed by atoms with Crippen LogP contribution < -0.4 is 9.47 Å². The van der Waals surface area contributed by atoms with E-state index in [1.807, 2.05) is 0 Å². The van der Waals surface area contributed by atoms with Crippen LogP contribution in [0.3, 0.4) is 0 Å².